The number of phenolic OH excluding ortho intramolecular Hbond substituents is 1. The Morgan fingerprint density at radius 2 is 2.41 bits per heavy atom. The maximum Gasteiger partial charge on any atom is 0.255 e. The lowest BCUT2D eigenvalue weighted by Gasteiger charge is -2.12. The normalized spacial score (nSPS) is 19.2. The molecule has 1 saturated heterocycles. The molecule has 0 spiro atoms. The number of rotatable bonds is 3. The number of hydrogen-bond acceptors (Lipinski definition) is 3. The highest BCUT2D eigenvalue weighted by molar-refractivity contribution is 5.96. The van der Waals surface area contributed by atoms with Crippen molar-refractivity contribution in [2.24, 2.45) is 0 Å². The Kier molecular flexibility index (Phi) is 3.64. The maximum absolute atomic E-state index is 11.8. The molecule has 2 rings (SSSR count). The van der Waals surface area contributed by atoms with Crippen LogP contribution in [0.15, 0.2) is 18.2 Å². The fourth-order valence-electron chi connectivity index (χ4n) is 2.08. The molecule has 1 amide bonds. The average Bonchev–Trinajstić information content (AvgIpc) is 2.78. The second-order valence-electron chi connectivity index (χ2n) is 4.52. The van der Waals surface area contributed by atoms with Crippen LogP contribution in [0, 0.1) is 6.92 Å². The number of phenols is 1. The number of amides is 1. The summed E-state index contributed by atoms with van der Waals surface area (Å²) in [6, 6.07) is 5.44. The number of nitrogens with one attached hydrogen (secondary N) is 2. The van der Waals surface area contributed by atoms with Gasteiger partial charge in [-0.15, -0.1) is 0 Å². The Labute approximate surface area is 101 Å². The number of aromatic hydroxyl groups is 1. The van der Waals surface area contributed by atoms with Gasteiger partial charge in [0.25, 0.3) is 5.91 Å². The molecule has 1 heterocycles. The Hall–Kier alpha value is -1.55. The van der Waals surface area contributed by atoms with Crippen LogP contribution in [-0.4, -0.2) is 30.1 Å². The van der Waals surface area contributed by atoms with Crippen LogP contribution in [0.4, 0.5) is 0 Å². The molecule has 0 aliphatic carbocycles. The average molecular weight is 234 g/mol. The van der Waals surface area contributed by atoms with Crippen molar-refractivity contribution in [3.05, 3.63) is 29.3 Å². The molecule has 4 heteroatoms. The zero-order valence-electron chi connectivity index (χ0n) is 9.99. The summed E-state index contributed by atoms with van der Waals surface area (Å²) < 4.78 is 0. The summed E-state index contributed by atoms with van der Waals surface area (Å²) in [4.78, 5) is 11.8. The molecule has 0 aromatic heterocycles. The van der Waals surface area contributed by atoms with Gasteiger partial charge in [0.15, 0.2) is 0 Å². The van der Waals surface area contributed by atoms with Crippen LogP contribution in [-0.2, 0) is 0 Å². The lowest BCUT2D eigenvalue weighted by molar-refractivity contribution is 0.0947. The van der Waals surface area contributed by atoms with Crippen molar-refractivity contribution in [2.45, 2.75) is 25.8 Å². The predicted molar refractivity (Wildman–Crippen MR) is 66.2 cm³/mol. The van der Waals surface area contributed by atoms with Crippen molar-refractivity contribution in [2.75, 3.05) is 13.1 Å². The van der Waals surface area contributed by atoms with Crippen LogP contribution in [0.3, 0.4) is 0 Å². The molecule has 1 aliphatic heterocycles. The summed E-state index contributed by atoms with van der Waals surface area (Å²) in [5.74, 6) is -0.168. The summed E-state index contributed by atoms with van der Waals surface area (Å²) in [5, 5.41) is 15.8. The third-order valence-electron chi connectivity index (χ3n) is 3.07. The summed E-state index contributed by atoms with van der Waals surface area (Å²) in [6.45, 7) is 3.52. The van der Waals surface area contributed by atoms with Crippen molar-refractivity contribution in [3.8, 4) is 5.75 Å². The lowest BCUT2D eigenvalue weighted by Crippen LogP contribution is -2.37. The second-order valence-corrected chi connectivity index (χ2v) is 4.52. The van der Waals surface area contributed by atoms with E-state index in [2.05, 4.69) is 10.6 Å². The zero-order chi connectivity index (χ0) is 12.3. The van der Waals surface area contributed by atoms with Crippen molar-refractivity contribution in [3.63, 3.8) is 0 Å². The van der Waals surface area contributed by atoms with Gasteiger partial charge in [-0.2, -0.15) is 0 Å². The Balaban J connectivity index is 1.94. The second kappa shape index (κ2) is 5.19. The fourth-order valence-corrected chi connectivity index (χ4v) is 2.08. The summed E-state index contributed by atoms with van der Waals surface area (Å²) in [7, 11) is 0. The largest absolute Gasteiger partial charge is 0.507 e. The molecule has 17 heavy (non-hydrogen) atoms. The molecular formula is C13H18N2O2. The number of carbonyl (C=O) groups excluding carboxylic acids is 1. The number of carbonyl (C=O) groups is 1. The Morgan fingerprint density at radius 3 is 3.06 bits per heavy atom. The minimum Gasteiger partial charge on any atom is -0.507 e. The zero-order valence-corrected chi connectivity index (χ0v) is 9.99. The fraction of sp³-hybridized carbons (Fsp3) is 0.462. The molecule has 0 radical (unpaired) electrons. The molecule has 0 bridgehead atoms. The van der Waals surface area contributed by atoms with E-state index in [1.807, 2.05) is 13.0 Å². The van der Waals surface area contributed by atoms with E-state index < -0.39 is 0 Å². The van der Waals surface area contributed by atoms with Crippen molar-refractivity contribution >= 4 is 5.91 Å². The van der Waals surface area contributed by atoms with Crippen molar-refractivity contribution in [1.29, 1.82) is 0 Å². The number of aryl methyl sites for hydroxylation is 1. The quantitative estimate of drug-likeness (QED) is 0.736. The van der Waals surface area contributed by atoms with Crippen LogP contribution in [0.2, 0.25) is 0 Å². The van der Waals surface area contributed by atoms with Crippen LogP contribution in [0.1, 0.15) is 28.8 Å². The molecule has 1 aliphatic rings. The summed E-state index contributed by atoms with van der Waals surface area (Å²) in [6.07, 6.45) is 2.26. The molecule has 3 N–H and O–H groups in total. The standard InChI is InChI=1S/C13H18N2O2/c1-9-4-5-11(12(16)7-9)13(17)15-8-10-3-2-6-14-10/h4-5,7,10,14,16H,2-3,6,8H2,1H3,(H,15,17). The molecule has 0 saturated carbocycles. The van der Waals surface area contributed by atoms with E-state index in [9.17, 15) is 9.90 Å². The van der Waals surface area contributed by atoms with Gasteiger partial charge in [0.05, 0.1) is 5.56 Å². The van der Waals surface area contributed by atoms with Gasteiger partial charge in [0.2, 0.25) is 0 Å². The highest BCUT2D eigenvalue weighted by atomic mass is 16.3. The molecule has 92 valence electrons. The Bertz CT molecular complexity index is 412. The molecule has 4 nitrogen and oxygen atoms in total. The van der Waals surface area contributed by atoms with E-state index in [-0.39, 0.29) is 11.7 Å². The van der Waals surface area contributed by atoms with Gasteiger partial charge in [0, 0.05) is 12.6 Å². The first-order chi connectivity index (χ1) is 8.16. The highest BCUT2D eigenvalue weighted by Gasteiger charge is 2.16. The van der Waals surface area contributed by atoms with E-state index in [1.165, 1.54) is 0 Å². The van der Waals surface area contributed by atoms with Gasteiger partial charge in [-0.3, -0.25) is 4.79 Å². The van der Waals surface area contributed by atoms with Gasteiger partial charge in [-0.1, -0.05) is 6.07 Å². The monoisotopic (exact) mass is 234 g/mol. The van der Waals surface area contributed by atoms with Crippen LogP contribution in [0.5, 0.6) is 5.75 Å². The SMILES string of the molecule is Cc1ccc(C(=O)NCC2CCCN2)c(O)c1. The number of hydrogen-bond donors (Lipinski definition) is 3. The smallest absolute Gasteiger partial charge is 0.255 e. The van der Waals surface area contributed by atoms with Crippen molar-refractivity contribution in [1.82, 2.24) is 10.6 Å². The van der Waals surface area contributed by atoms with Gasteiger partial charge >= 0.3 is 0 Å². The first kappa shape index (κ1) is 11.9. The Morgan fingerprint density at radius 1 is 1.59 bits per heavy atom. The molecule has 1 fully saturated rings. The van der Waals surface area contributed by atoms with Crippen LogP contribution in [0.25, 0.3) is 0 Å². The molecule has 1 aromatic rings. The van der Waals surface area contributed by atoms with E-state index >= 15 is 0 Å². The number of benzene rings is 1. The van der Waals surface area contributed by atoms with Gasteiger partial charge in [-0.05, 0) is 44.0 Å². The summed E-state index contributed by atoms with van der Waals surface area (Å²) >= 11 is 0. The van der Waals surface area contributed by atoms with E-state index in [4.69, 9.17) is 0 Å². The van der Waals surface area contributed by atoms with Gasteiger partial charge in [0.1, 0.15) is 5.75 Å². The molecule has 1 atom stereocenters. The molecule has 1 unspecified atom stereocenters. The lowest BCUT2D eigenvalue weighted by atomic mass is 10.1. The third-order valence-corrected chi connectivity index (χ3v) is 3.07. The van der Waals surface area contributed by atoms with E-state index in [1.54, 1.807) is 12.1 Å². The van der Waals surface area contributed by atoms with E-state index in [0.717, 1.165) is 24.9 Å². The maximum atomic E-state index is 11.8. The molecule has 1 aromatic carbocycles. The first-order valence-corrected chi connectivity index (χ1v) is 5.98. The van der Waals surface area contributed by atoms with Gasteiger partial charge < -0.3 is 15.7 Å². The van der Waals surface area contributed by atoms with Gasteiger partial charge in [-0.25, -0.2) is 0 Å². The predicted octanol–water partition coefficient (Wildman–Crippen LogP) is 1.18. The van der Waals surface area contributed by atoms with Crippen LogP contribution >= 0.6 is 0 Å². The van der Waals surface area contributed by atoms with Crippen molar-refractivity contribution < 1.29 is 9.90 Å². The van der Waals surface area contributed by atoms with E-state index in [0.29, 0.717) is 18.2 Å². The summed E-state index contributed by atoms with van der Waals surface area (Å²) in [5.41, 5.74) is 1.28. The van der Waals surface area contributed by atoms with Crippen LogP contribution < -0.4 is 10.6 Å². The topological polar surface area (TPSA) is 61.4 Å². The minimum absolute atomic E-state index is 0.0434. The third kappa shape index (κ3) is 2.97. The first-order valence-electron chi connectivity index (χ1n) is 5.98. The minimum atomic E-state index is -0.212. The highest BCUT2D eigenvalue weighted by Crippen LogP contribution is 2.18. The molecular weight excluding hydrogens is 216 g/mol.